The Morgan fingerprint density at radius 1 is 1.17 bits per heavy atom. The van der Waals surface area contributed by atoms with E-state index in [2.05, 4.69) is 41.5 Å². The van der Waals surface area contributed by atoms with Crippen LogP contribution in [0.5, 0.6) is 11.8 Å². The molecule has 8 heteroatoms. The van der Waals surface area contributed by atoms with Gasteiger partial charge in [-0.25, -0.2) is 0 Å². The monoisotopic (exact) mass is 410 g/mol. The standard InChI is InChI=1S/C22H30N6O2/c1-14(2)18-13-24-28-20(18)26-22(30-16-8-7-11-23-12-16)27-21(28)25-15(3)17-9-5-6-10-19(17)29-4/h5-6,9-10,13-16,23H,7-8,11-12H2,1-4H3,(H,25,26,27). The van der Waals surface area contributed by atoms with Gasteiger partial charge < -0.3 is 20.1 Å². The van der Waals surface area contributed by atoms with Crippen molar-refractivity contribution in [3.63, 3.8) is 0 Å². The van der Waals surface area contributed by atoms with Crippen molar-refractivity contribution in [1.82, 2.24) is 24.9 Å². The molecule has 0 radical (unpaired) electrons. The number of para-hydroxylation sites is 1. The highest BCUT2D eigenvalue weighted by Crippen LogP contribution is 2.29. The number of nitrogens with zero attached hydrogens (tertiary/aromatic N) is 4. The largest absolute Gasteiger partial charge is 0.496 e. The number of benzene rings is 1. The lowest BCUT2D eigenvalue weighted by atomic mass is 10.1. The molecule has 0 bridgehead atoms. The number of aromatic nitrogens is 4. The van der Waals surface area contributed by atoms with E-state index in [1.54, 1.807) is 11.6 Å². The lowest BCUT2D eigenvalue weighted by Gasteiger charge is -2.23. The van der Waals surface area contributed by atoms with Crippen LogP contribution in [0.25, 0.3) is 5.65 Å². The van der Waals surface area contributed by atoms with Crippen molar-refractivity contribution in [1.29, 1.82) is 0 Å². The van der Waals surface area contributed by atoms with Crippen molar-refractivity contribution < 1.29 is 9.47 Å². The Balaban J connectivity index is 1.69. The summed E-state index contributed by atoms with van der Waals surface area (Å²) < 4.78 is 13.4. The third-order valence-electron chi connectivity index (χ3n) is 5.47. The van der Waals surface area contributed by atoms with Crippen molar-refractivity contribution in [3.05, 3.63) is 41.6 Å². The fourth-order valence-corrected chi connectivity index (χ4v) is 3.79. The summed E-state index contributed by atoms with van der Waals surface area (Å²) in [5.74, 6) is 1.72. The Morgan fingerprint density at radius 3 is 2.73 bits per heavy atom. The second-order valence-corrected chi connectivity index (χ2v) is 8.01. The number of nitrogens with one attached hydrogen (secondary N) is 2. The van der Waals surface area contributed by atoms with Gasteiger partial charge in [0.1, 0.15) is 11.9 Å². The predicted molar refractivity (Wildman–Crippen MR) is 116 cm³/mol. The molecular formula is C22H30N6O2. The Kier molecular flexibility index (Phi) is 6.03. The Morgan fingerprint density at radius 2 is 2.00 bits per heavy atom. The van der Waals surface area contributed by atoms with E-state index < -0.39 is 0 Å². The van der Waals surface area contributed by atoms with Crippen LogP contribution in [0.4, 0.5) is 5.95 Å². The number of anilines is 1. The van der Waals surface area contributed by atoms with Crippen molar-refractivity contribution in [2.45, 2.75) is 51.7 Å². The molecule has 0 amide bonds. The number of fused-ring (bicyclic) bond motifs is 1. The normalized spacial score (nSPS) is 17.8. The second kappa shape index (κ2) is 8.87. The second-order valence-electron chi connectivity index (χ2n) is 8.01. The van der Waals surface area contributed by atoms with Crippen molar-refractivity contribution >= 4 is 11.6 Å². The topological polar surface area (TPSA) is 85.6 Å². The summed E-state index contributed by atoms with van der Waals surface area (Å²) in [5, 5.41) is 11.4. The number of methoxy groups -OCH3 is 1. The summed E-state index contributed by atoms with van der Waals surface area (Å²) in [7, 11) is 1.68. The highest BCUT2D eigenvalue weighted by atomic mass is 16.5. The minimum atomic E-state index is -0.0462. The van der Waals surface area contributed by atoms with Gasteiger partial charge in [-0.05, 0) is 38.3 Å². The van der Waals surface area contributed by atoms with Crippen LogP contribution in [-0.2, 0) is 0 Å². The van der Waals surface area contributed by atoms with Gasteiger partial charge in [0.15, 0.2) is 5.65 Å². The van der Waals surface area contributed by atoms with Gasteiger partial charge in [0.25, 0.3) is 0 Å². The summed E-state index contributed by atoms with van der Waals surface area (Å²) in [4.78, 5) is 9.38. The molecule has 4 rings (SSSR count). The quantitative estimate of drug-likeness (QED) is 0.616. The molecule has 1 aliphatic heterocycles. The fourth-order valence-electron chi connectivity index (χ4n) is 3.79. The first-order valence-corrected chi connectivity index (χ1v) is 10.6. The third-order valence-corrected chi connectivity index (χ3v) is 5.47. The highest BCUT2D eigenvalue weighted by molar-refractivity contribution is 5.53. The van der Waals surface area contributed by atoms with Crippen molar-refractivity contribution in [2.24, 2.45) is 0 Å². The summed E-state index contributed by atoms with van der Waals surface area (Å²) in [6.07, 6.45) is 4.02. The highest BCUT2D eigenvalue weighted by Gasteiger charge is 2.21. The fraction of sp³-hybridized carbons (Fsp3) is 0.500. The van der Waals surface area contributed by atoms with E-state index in [1.165, 1.54) is 0 Å². The van der Waals surface area contributed by atoms with Gasteiger partial charge in [-0.15, -0.1) is 0 Å². The number of hydrogen-bond acceptors (Lipinski definition) is 7. The van der Waals surface area contributed by atoms with Crippen LogP contribution in [0, 0.1) is 0 Å². The van der Waals surface area contributed by atoms with E-state index in [4.69, 9.17) is 14.5 Å². The molecule has 2 aromatic heterocycles. The maximum atomic E-state index is 6.15. The molecule has 3 heterocycles. The summed E-state index contributed by atoms with van der Waals surface area (Å²) >= 11 is 0. The molecule has 0 aliphatic carbocycles. The maximum Gasteiger partial charge on any atom is 0.322 e. The lowest BCUT2D eigenvalue weighted by Crippen LogP contribution is -2.37. The van der Waals surface area contributed by atoms with E-state index in [1.807, 2.05) is 30.5 Å². The zero-order valence-corrected chi connectivity index (χ0v) is 18.1. The molecule has 2 N–H and O–H groups in total. The van der Waals surface area contributed by atoms with E-state index in [0.717, 1.165) is 48.5 Å². The molecular weight excluding hydrogens is 380 g/mol. The first kappa shape index (κ1) is 20.4. The summed E-state index contributed by atoms with van der Waals surface area (Å²) in [6, 6.07) is 8.30. The van der Waals surface area contributed by atoms with Crippen LogP contribution in [0.3, 0.4) is 0 Å². The Bertz CT molecular complexity index is 996. The predicted octanol–water partition coefficient (Wildman–Crippen LogP) is 3.56. The van der Waals surface area contributed by atoms with E-state index in [-0.39, 0.29) is 12.1 Å². The van der Waals surface area contributed by atoms with Crippen LogP contribution in [0.15, 0.2) is 30.5 Å². The molecule has 1 aliphatic rings. The zero-order valence-electron chi connectivity index (χ0n) is 18.1. The van der Waals surface area contributed by atoms with Gasteiger partial charge in [-0.3, -0.25) is 0 Å². The average Bonchev–Trinajstić information content (AvgIpc) is 3.19. The average molecular weight is 411 g/mol. The van der Waals surface area contributed by atoms with E-state index in [0.29, 0.717) is 17.9 Å². The number of piperidine rings is 1. The van der Waals surface area contributed by atoms with Crippen molar-refractivity contribution in [2.75, 3.05) is 25.5 Å². The SMILES string of the molecule is COc1ccccc1C(C)Nc1nc(OC2CCCNC2)nc2c(C(C)C)cnn12. The van der Waals surface area contributed by atoms with Gasteiger partial charge in [0.05, 0.1) is 19.3 Å². The van der Waals surface area contributed by atoms with Crippen LogP contribution < -0.4 is 20.1 Å². The van der Waals surface area contributed by atoms with Gasteiger partial charge in [0.2, 0.25) is 5.95 Å². The van der Waals surface area contributed by atoms with E-state index in [9.17, 15) is 0 Å². The lowest BCUT2D eigenvalue weighted by molar-refractivity contribution is 0.153. The first-order chi connectivity index (χ1) is 14.6. The minimum absolute atomic E-state index is 0.0462. The molecule has 8 nitrogen and oxygen atoms in total. The van der Waals surface area contributed by atoms with Gasteiger partial charge in [-0.1, -0.05) is 32.0 Å². The van der Waals surface area contributed by atoms with Gasteiger partial charge in [0, 0.05) is 17.7 Å². The molecule has 30 heavy (non-hydrogen) atoms. The summed E-state index contributed by atoms with van der Waals surface area (Å²) in [6.45, 7) is 8.18. The summed E-state index contributed by atoms with van der Waals surface area (Å²) in [5.41, 5.74) is 2.88. The molecule has 2 unspecified atom stereocenters. The molecule has 1 saturated heterocycles. The Hall–Kier alpha value is -2.87. The van der Waals surface area contributed by atoms with Crippen LogP contribution >= 0.6 is 0 Å². The molecule has 0 saturated carbocycles. The molecule has 2 atom stereocenters. The number of ether oxygens (including phenoxy) is 2. The molecule has 0 spiro atoms. The molecule has 3 aromatic rings. The number of rotatable bonds is 7. The zero-order chi connectivity index (χ0) is 21.1. The maximum absolute atomic E-state index is 6.15. The molecule has 1 aromatic carbocycles. The number of hydrogen-bond donors (Lipinski definition) is 2. The molecule has 1 fully saturated rings. The van der Waals surface area contributed by atoms with Crippen LogP contribution in [-0.4, -0.2) is 45.9 Å². The van der Waals surface area contributed by atoms with Gasteiger partial charge >= 0.3 is 6.01 Å². The van der Waals surface area contributed by atoms with E-state index >= 15 is 0 Å². The first-order valence-electron chi connectivity index (χ1n) is 10.6. The van der Waals surface area contributed by atoms with Gasteiger partial charge in [-0.2, -0.15) is 19.6 Å². The molecule has 160 valence electrons. The van der Waals surface area contributed by atoms with Crippen LogP contribution in [0.1, 0.15) is 56.7 Å². The smallest absolute Gasteiger partial charge is 0.322 e. The van der Waals surface area contributed by atoms with Crippen molar-refractivity contribution in [3.8, 4) is 11.8 Å². The minimum Gasteiger partial charge on any atom is -0.496 e. The Labute approximate surface area is 177 Å². The van der Waals surface area contributed by atoms with Crippen LogP contribution in [0.2, 0.25) is 0 Å². The third kappa shape index (κ3) is 4.18.